The van der Waals surface area contributed by atoms with Gasteiger partial charge in [-0.2, -0.15) is 0 Å². The van der Waals surface area contributed by atoms with Crippen LogP contribution in [0, 0.1) is 5.92 Å². The largest absolute Gasteiger partial charge is 0.478 e. The lowest BCUT2D eigenvalue weighted by atomic mass is 10.2. The van der Waals surface area contributed by atoms with Crippen molar-refractivity contribution in [1.29, 1.82) is 0 Å². The second-order valence-corrected chi connectivity index (χ2v) is 5.18. The number of aryl methyl sites for hydroxylation is 1. The molecule has 1 fully saturated rings. The maximum Gasteiger partial charge on any atom is 0.335 e. The fraction of sp³-hybridized carbons (Fsp3) is 0.357. The molecule has 1 heterocycles. The first-order valence-electron chi connectivity index (χ1n) is 6.56. The first-order chi connectivity index (χ1) is 9.56. The van der Waals surface area contributed by atoms with Crippen molar-refractivity contribution in [2.75, 3.05) is 0 Å². The van der Waals surface area contributed by atoms with E-state index >= 15 is 0 Å². The Balaban J connectivity index is 2.14. The van der Waals surface area contributed by atoms with Crippen LogP contribution in [-0.2, 0) is 6.54 Å². The number of hydrogen-bond donors (Lipinski definition) is 2. The summed E-state index contributed by atoms with van der Waals surface area (Å²) in [5.41, 5.74) is -0.261. The van der Waals surface area contributed by atoms with Gasteiger partial charge in [0, 0.05) is 6.54 Å². The molecule has 6 nitrogen and oxygen atoms in total. The van der Waals surface area contributed by atoms with Crippen LogP contribution in [0.5, 0.6) is 0 Å². The fourth-order valence-corrected chi connectivity index (χ4v) is 2.35. The molecule has 6 heteroatoms. The molecule has 0 aliphatic heterocycles. The number of H-pyrrole nitrogens is 1. The predicted molar refractivity (Wildman–Crippen MR) is 73.1 cm³/mol. The van der Waals surface area contributed by atoms with Crippen LogP contribution in [0.4, 0.5) is 0 Å². The highest BCUT2D eigenvalue weighted by Crippen LogP contribution is 2.32. The van der Waals surface area contributed by atoms with Crippen molar-refractivity contribution in [3.05, 3.63) is 44.5 Å². The molecule has 1 aliphatic rings. The molecule has 0 unspecified atom stereocenters. The Morgan fingerprint density at radius 1 is 1.35 bits per heavy atom. The van der Waals surface area contributed by atoms with Gasteiger partial charge in [0.05, 0.1) is 16.6 Å². The molecule has 0 radical (unpaired) electrons. The van der Waals surface area contributed by atoms with Crippen molar-refractivity contribution >= 4 is 17.0 Å². The van der Waals surface area contributed by atoms with Gasteiger partial charge in [0.1, 0.15) is 0 Å². The molecule has 0 spiro atoms. The van der Waals surface area contributed by atoms with Crippen LogP contribution in [-0.4, -0.2) is 20.6 Å². The Hall–Kier alpha value is -2.37. The predicted octanol–water partition coefficient (Wildman–Crippen LogP) is 1.19. The second-order valence-electron chi connectivity index (χ2n) is 5.18. The van der Waals surface area contributed by atoms with E-state index < -0.39 is 17.1 Å². The number of aromatic amines is 1. The zero-order chi connectivity index (χ0) is 14.3. The van der Waals surface area contributed by atoms with Crippen LogP contribution in [0.15, 0.2) is 27.8 Å². The normalized spacial score (nSPS) is 14.6. The highest BCUT2D eigenvalue weighted by atomic mass is 16.4. The van der Waals surface area contributed by atoms with Crippen LogP contribution in [0.2, 0.25) is 0 Å². The standard InChI is InChI=1S/C14H14N2O4/c17-12-13(18)16(6-5-8-1-2-8)11-4-3-9(14(19)20)7-10(11)15-12/h3-4,7-8H,1-2,5-6H2,(H,15,17)(H,19,20). The molecule has 2 N–H and O–H groups in total. The summed E-state index contributed by atoms with van der Waals surface area (Å²) in [7, 11) is 0. The lowest BCUT2D eigenvalue weighted by Gasteiger charge is -2.09. The van der Waals surface area contributed by atoms with Gasteiger partial charge in [0.25, 0.3) is 0 Å². The molecule has 1 aromatic heterocycles. The number of rotatable bonds is 4. The van der Waals surface area contributed by atoms with Gasteiger partial charge in [-0.15, -0.1) is 0 Å². The maximum atomic E-state index is 11.9. The highest BCUT2D eigenvalue weighted by Gasteiger charge is 2.21. The van der Waals surface area contributed by atoms with Gasteiger partial charge in [-0.3, -0.25) is 9.59 Å². The molecule has 1 aliphatic carbocycles. The Labute approximate surface area is 113 Å². The van der Waals surface area contributed by atoms with E-state index in [0.717, 1.165) is 6.42 Å². The quantitative estimate of drug-likeness (QED) is 0.819. The van der Waals surface area contributed by atoms with Crippen LogP contribution in [0.1, 0.15) is 29.6 Å². The van der Waals surface area contributed by atoms with Gasteiger partial charge in [-0.1, -0.05) is 12.8 Å². The lowest BCUT2D eigenvalue weighted by Crippen LogP contribution is -2.36. The molecule has 0 atom stereocenters. The summed E-state index contributed by atoms with van der Waals surface area (Å²) in [6.45, 7) is 0.496. The zero-order valence-electron chi connectivity index (χ0n) is 10.8. The average molecular weight is 274 g/mol. The molecule has 104 valence electrons. The third-order valence-electron chi connectivity index (χ3n) is 3.68. The summed E-state index contributed by atoms with van der Waals surface area (Å²) >= 11 is 0. The molecule has 0 bridgehead atoms. The number of fused-ring (bicyclic) bond motifs is 1. The van der Waals surface area contributed by atoms with E-state index in [1.165, 1.54) is 29.5 Å². The SMILES string of the molecule is O=C(O)c1ccc2c(c1)[nH]c(=O)c(=O)n2CCC1CC1. The Kier molecular flexibility index (Phi) is 2.93. The number of carbonyl (C=O) groups is 1. The lowest BCUT2D eigenvalue weighted by molar-refractivity contribution is 0.0697. The van der Waals surface area contributed by atoms with Crippen molar-refractivity contribution in [3.63, 3.8) is 0 Å². The van der Waals surface area contributed by atoms with Crippen molar-refractivity contribution in [2.45, 2.75) is 25.8 Å². The summed E-state index contributed by atoms with van der Waals surface area (Å²) in [5, 5.41) is 8.96. The van der Waals surface area contributed by atoms with E-state index in [2.05, 4.69) is 4.98 Å². The van der Waals surface area contributed by atoms with E-state index in [9.17, 15) is 14.4 Å². The summed E-state index contributed by atoms with van der Waals surface area (Å²) in [6.07, 6.45) is 3.23. The number of benzene rings is 1. The van der Waals surface area contributed by atoms with Crippen LogP contribution in [0.3, 0.4) is 0 Å². The Morgan fingerprint density at radius 2 is 2.10 bits per heavy atom. The minimum atomic E-state index is -1.07. The summed E-state index contributed by atoms with van der Waals surface area (Å²) in [6, 6.07) is 4.39. The maximum absolute atomic E-state index is 11.9. The number of hydrogen-bond acceptors (Lipinski definition) is 3. The second kappa shape index (κ2) is 4.63. The highest BCUT2D eigenvalue weighted by molar-refractivity contribution is 5.92. The van der Waals surface area contributed by atoms with Crippen LogP contribution < -0.4 is 11.1 Å². The van der Waals surface area contributed by atoms with E-state index in [0.29, 0.717) is 23.5 Å². The Bertz CT molecular complexity index is 799. The van der Waals surface area contributed by atoms with E-state index in [1.807, 2.05) is 0 Å². The topological polar surface area (TPSA) is 92.2 Å². The van der Waals surface area contributed by atoms with Gasteiger partial charge in [-0.25, -0.2) is 4.79 Å². The number of carboxylic acid groups (broad SMARTS) is 1. The first kappa shape index (κ1) is 12.7. The molecule has 0 saturated heterocycles. The summed E-state index contributed by atoms with van der Waals surface area (Å²) in [4.78, 5) is 37.0. The third kappa shape index (κ3) is 2.24. The summed E-state index contributed by atoms with van der Waals surface area (Å²) < 4.78 is 1.44. The number of nitrogens with one attached hydrogen (secondary N) is 1. The van der Waals surface area contributed by atoms with Gasteiger partial charge in [0.2, 0.25) is 0 Å². The average Bonchev–Trinajstić information content (AvgIpc) is 3.22. The van der Waals surface area contributed by atoms with Crippen molar-refractivity contribution in [1.82, 2.24) is 9.55 Å². The minimum Gasteiger partial charge on any atom is -0.478 e. The van der Waals surface area contributed by atoms with Crippen LogP contribution in [0.25, 0.3) is 11.0 Å². The fourth-order valence-electron chi connectivity index (χ4n) is 2.35. The molecule has 2 aromatic rings. The van der Waals surface area contributed by atoms with Crippen molar-refractivity contribution in [3.8, 4) is 0 Å². The van der Waals surface area contributed by atoms with Crippen molar-refractivity contribution < 1.29 is 9.90 Å². The molecule has 20 heavy (non-hydrogen) atoms. The number of carboxylic acids is 1. The Morgan fingerprint density at radius 3 is 2.75 bits per heavy atom. The van der Waals surface area contributed by atoms with Crippen LogP contribution >= 0.6 is 0 Å². The molecule has 1 saturated carbocycles. The molecule has 1 aromatic carbocycles. The third-order valence-corrected chi connectivity index (χ3v) is 3.68. The minimum absolute atomic E-state index is 0.0838. The smallest absolute Gasteiger partial charge is 0.335 e. The number of aromatic carboxylic acids is 1. The molecule has 0 amide bonds. The number of aromatic nitrogens is 2. The molecule has 3 rings (SSSR count). The first-order valence-corrected chi connectivity index (χ1v) is 6.56. The van der Waals surface area contributed by atoms with Crippen molar-refractivity contribution in [2.24, 2.45) is 5.92 Å². The van der Waals surface area contributed by atoms with E-state index in [4.69, 9.17) is 5.11 Å². The van der Waals surface area contributed by atoms with E-state index in [-0.39, 0.29) is 5.56 Å². The van der Waals surface area contributed by atoms with E-state index in [1.54, 1.807) is 6.07 Å². The molecular weight excluding hydrogens is 260 g/mol. The van der Waals surface area contributed by atoms with Gasteiger partial charge in [0.15, 0.2) is 0 Å². The molecular formula is C14H14N2O4. The number of nitrogens with zero attached hydrogens (tertiary/aromatic N) is 1. The monoisotopic (exact) mass is 274 g/mol. The zero-order valence-corrected chi connectivity index (χ0v) is 10.8. The van der Waals surface area contributed by atoms with Gasteiger partial charge in [-0.05, 0) is 30.5 Å². The summed E-state index contributed by atoms with van der Waals surface area (Å²) in [5.74, 6) is -0.419. The van der Waals surface area contributed by atoms with Gasteiger partial charge < -0.3 is 14.7 Å². The van der Waals surface area contributed by atoms with Gasteiger partial charge >= 0.3 is 17.1 Å².